The van der Waals surface area contributed by atoms with Gasteiger partial charge in [-0.2, -0.15) is 8.42 Å². The Bertz CT molecular complexity index is 993. The molecule has 1 heterocycles. The second-order valence-corrected chi connectivity index (χ2v) is 6.46. The SMILES string of the molecule is COc1ccc(S(=O)(=O)Oc2ccc3nc(C)oc3c2)cc1OC. The summed E-state index contributed by atoms with van der Waals surface area (Å²) in [5.74, 6) is 1.34. The fraction of sp³-hybridized carbons (Fsp3) is 0.188. The van der Waals surface area contributed by atoms with Crippen LogP contribution in [0.2, 0.25) is 0 Å². The van der Waals surface area contributed by atoms with Crippen LogP contribution in [0.1, 0.15) is 5.89 Å². The third-order valence-electron chi connectivity index (χ3n) is 3.32. The molecule has 7 nitrogen and oxygen atoms in total. The van der Waals surface area contributed by atoms with Crippen LogP contribution in [0.15, 0.2) is 45.7 Å². The Morgan fingerprint density at radius 3 is 2.46 bits per heavy atom. The lowest BCUT2D eigenvalue weighted by atomic mass is 10.3. The Balaban J connectivity index is 1.94. The molecule has 2 aromatic carbocycles. The fourth-order valence-corrected chi connectivity index (χ4v) is 3.16. The molecule has 0 N–H and O–H groups in total. The predicted molar refractivity (Wildman–Crippen MR) is 86.1 cm³/mol. The van der Waals surface area contributed by atoms with E-state index in [0.29, 0.717) is 28.5 Å². The topological polar surface area (TPSA) is 87.9 Å². The number of oxazole rings is 1. The zero-order chi connectivity index (χ0) is 17.3. The summed E-state index contributed by atoms with van der Waals surface area (Å²) in [4.78, 5) is 4.10. The highest BCUT2D eigenvalue weighted by Gasteiger charge is 2.20. The first-order valence-electron chi connectivity index (χ1n) is 6.96. The van der Waals surface area contributed by atoms with Crippen LogP contribution in [0.25, 0.3) is 11.1 Å². The van der Waals surface area contributed by atoms with Gasteiger partial charge in [-0.1, -0.05) is 0 Å². The van der Waals surface area contributed by atoms with E-state index in [2.05, 4.69) is 4.98 Å². The normalized spacial score (nSPS) is 11.5. The van der Waals surface area contributed by atoms with Gasteiger partial charge in [0.15, 0.2) is 23.0 Å². The summed E-state index contributed by atoms with van der Waals surface area (Å²) in [6.07, 6.45) is 0. The summed E-state index contributed by atoms with van der Waals surface area (Å²) in [5, 5.41) is 0. The van der Waals surface area contributed by atoms with E-state index in [-0.39, 0.29) is 10.6 Å². The second-order valence-electron chi connectivity index (χ2n) is 4.92. The number of benzene rings is 2. The minimum absolute atomic E-state index is 0.0472. The molecule has 0 radical (unpaired) electrons. The zero-order valence-corrected chi connectivity index (χ0v) is 14.1. The molecule has 0 saturated carbocycles. The summed E-state index contributed by atoms with van der Waals surface area (Å²) in [7, 11) is -1.14. The molecule has 8 heteroatoms. The number of methoxy groups -OCH3 is 2. The quantitative estimate of drug-likeness (QED) is 0.654. The Morgan fingerprint density at radius 1 is 1.00 bits per heavy atom. The first-order chi connectivity index (χ1) is 11.4. The average Bonchev–Trinajstić information content (AvgIpc) is 2.93. The van der Waals surface area contributed by atoms with Gasteiger partial charge in [0.1, 0.15) is 16.2 Å². The number of ether oxygens (including phenoxy) is 2. The van der Waals surface area contributed by atoms with Crippen molar-refractivity contribution in [2.45, 2.75) is 11.8 Å². The highest BCUT2D eigenvalue weighted by atomic mass is 32.2. The standard InChI is InChI=1S/C16H15NO6S/c1-10-17-13-6-4-11(8-15(13)22-10)23-24(18,19)12-5-7-14(20-2)16(9-12)21-3/h4-9H,1-3H3. The zero-order valence-electron chi connectivity index (χ0n) is 13.3. The van der Waals surface area contributed by atoms with Crippen molar-refractivity contribution in [3.63, 3.8) is 0 Å². The van der Waals surface area contributed by atoms with Crippen molar-refractivity contribution >= 4 is 21.2 Å². The summed E-state index contributed by atoms with van der Waals surface area (Å²) < 4.78 is 45.6. The second kappa shape index (κ2) is 6.04. The van der Waals surface area contributed by atoms with Crippen molar-refractivity contribution in [1.29, 1.82) is 0 Å². The van der Waals surface area contributed by atoms with Crippen molar-refractivity contribution in [2.24, 2.45) is 0 Å². The van der Waals surface area contributed by atoms with Crippen LogP contribution >= 0.6 is 0 Å². The van der Waals surface area contributed by atoms with Gasteiger partial charge in [-0.3, -0.25) is 0 Å². The first kappa shape index (κ1) is 16.1. The molecule has 0 unspecified atom stereocenters. The number of rotatable bonds is 5. The van der Waals surface area contributed by atoms with Crippen molar-refractivity contribution in [2.75, 3.05) is 14.2 Å². The van der Waals surface area contributed by atoms with Gasteiger partial charge < -0.3 is 18.1 Å². The molecule has 126 valence electrons. The molecule has 3 aromatic rings. The number of aromatic nitrogens is 1. The molecular weight excluding hydrogens is 334 g/mol. The smallest absolute Gasteiger partial charge is 0.339 e. The third kappa shape index (κ3) is 3.00. The van der Waals surface area contributed by atoms with Gasteiger partial charge in [0.2, 0.25) is 0 Å². The first-order valence-corrected chi connectivity index (χ1v) is 8.37. The number of hydrogen-bond donors (Lipinski definition) is 0. The summed E-state index contributed by atoms with van der Waals surface area (Å²) in [6.45, 7) is 1.71. The molecular formula is C16H15NO6S. The maximum absolute atomic E-state index is 12.4. The van der Waals surface area contributed by atoms with Crippen molar-refractivity contribution in [1.82, 2.24) is 4.98 Å². The third-order valence-corrected chi connectivity index (χ3v) is 4.56. The molecule has 0 aliphatic rings. The lowest BCUT2D eigenvalue weighted by molar-refractivity contribution is 0.353. The van der Waals surface area contributed by atoms with Crippen LogP contribution in [0.5, 0.6) is 17.2 Å². The van der Waals surface area contributed by atoms with Crippen LogP contribution < -0.4 is 13.7 Å². The van der Waals surface area contributed by atoms with Gasteiger partial charge in [0, 0.05) is 19.1 Å². The lowest BCUT2D eigenvalue weighted by Gasteiger charge is -2.10. The molecule has 0 atom stereocenters. The van der Waals surface area contributed by atoms with Crippen molar-refractivity contribution < 1.29 is 26.5 Å². The Morgan fingerprint density at radius 2 is 1.75 bits per heavy atom. The van der Waals surface area contributed by atoms with Crippen LogP contribution in [0.3, 0.4) is 0 Å². The molecule has 24 heavy (non-hydrogen) atoms. The minimum Gasteiger partial charge on any atom is -0.493 e. The molecule has 3 rings (SSSR count). The monoisotopic (exact) mass is 349 g/mol. The largest absolute Gasteiger partial charge is 0.493 e. The molecule has 0 amide bonds. The van der Waals surface area contributed by atoms with E-state index in [1.54, 1.807) is 13.0 Å². The van der Waals surface area contributed by atoms with Gasteiger partial charge in [-0.25, -0.2) is 4.98 Å². The summed E-state index contributed by atoms with van der Waals surface area (Å²) in [6, 6.07) is 8.85. The predicted octanol–water partition coefficient (Wildman–Crippen LogP) is 2.92. The molecule has 0 aliphatic heterocycles. The van der Waals surface area contributed by atoms with Crippen LogP contribution in [0.4, 0.5) is 0 Å². The van der Waals surface area contributed by atoms with E-state index in [0.717, 1.165) is 0 Å². The van der Waals surface area contributed by atoms with Crippen LogP contribution in [-0.2, 0) is 10.1 Å². The highest BCUT2D eigenvalue weighted by molar-refractivity contribution is 7.87. The lowest BCUT2D eigenvalue weighted by Crippen LogP contribution is -2.10. The minimum atomic E-state index is -4.03. The summed E-state index contributed by atoms with van der Waals surface area (Å²) in [5.41, 5.74) is 1.08. The Kier molecular flexibility index (Phi) is 4.06. The van der Waals surface area contributed by atoms with Crippen LogP contribution in [-0.4, -0.2) is 27.6 Å². The Hall–Kier alpha value is -2.74. The molecule has 0 fully saturated rings. The van der Waals surface area contributed by atoms with Crippen molar-refractivity contribution in [3.05, 3.63) is 42.3 Å². The number of aryl methyl sites for hydroxylation is 1. The van der Waals surface area contributed by atoms with E-state index in [1.807, 2.05) is 0 Å². The molecule has 0 spiro atoms. The van der Waals surface area contributed by atoms with Crippen molar-refractivity contribution in [3.8, 4) is 17.2 Å². The highest BCUT2D eigenvalue weighted by Crippen LogP contribution is 2.31. The van der Waals surface area contributed by atoms with Gasteiger partial charge in [0.05, 0.1) is 14.2 Å². The molecule has 0 bridgehead atoms. The van der Waals surface area contributed by atoms with E-state index in [9.17, 15) is 8.42 Å². The maximum atomic E-state index is 12.4. The van der Waals surface area contributed by atoms with E-state index in [1.165, 1.54) is 44.6 Å². The fourth-order valence-electron chi connectivity index (χ4n) is 2.22. The van der Waals surface area contributed by atoms with E-state index < -0.39 is 10.1 Å². The van der Waals surface area contributed by atoms with Gasteiger partial charge in [-0.05, 0) is 24.3 Å². The number of fused-ring (bicyclic) bond motifs is 1. The Labute approximate surface area is 138 Å². The summed E-state index contributed by atoms with van der Waals surface area (Å²) >= 11 is 0. The molecule has 1 aromatic heterocycles. The molecule has 0 saturated heterocycles. The molecule has 0 aliphatic carbocycles. The van der Waals surface area contributed by atoms with E-state index >= 15 is 0 Å². The van der Waals surface area contributed by atoms with Gasteiger partial charge >= 0.3 is 10.1 Å². The number of nitrogens with zero attached hydrogens (tertiary/aromatic N) is 1. The number of hydrogen-bond acceptors (Lipinski definition) is 7. The average molecular weight is 349 g/mol. The van der Waals surface area contributed by atoms with Gasteiger partial charge in [0.25, 0.3) is 0 Å². The maximum Gasteiger partial charge on any atom is 0.339 e. The van der Waals surface area contributed by atoms with Gasteiger partial charge in [-0.15, -0.1) is 0 Å². The van der Waals surface area contributed by atoms with Crippen LogP contribution in [0, 0.1) is 6.92 Å². The van der Waals surface area contributed by atoms with E-state index in [4.69, 9.17) is 18.1 Å².